The Morgan fingerprint density at radius 3 is 1.46 bits per heavy atom. The van der Waals surface area contributed by atoms with Gasteiger partial charge in [0.1, 0.15) is 0 Å². The van der Waals surface area contributed by atoms with Crippen LogP contribution in [0.5, 0.6) is 0 Å². The average molecular weight is 374 g/mol. The second kappa shape index (κ2) is 24.4. The number of hydrogen-bond acceptors (Lipinski definition) is 4. The molecule has 158 valence electrons. The molecule has 0 aromatic carbocycles. The molecule has 0 atom stereocenters. The van der Waals surface area contributed by atoms with Crippen molar-refractivity contribution in [3.8, 4) is 0 Å². The highest BCUT2D eigenvalue weighted by atomic mass is 16.5. The summed E-state index contributed by atoms with van der Waals surface area (Å²) in [5, 5.41) is 0. The van der Waals surface area contributed by atoms with Gasteiger partial charge in [-0.15, -0.1) is 0 Å². The van der Waals surface area contributed by atoms with Crippen molar-refractivity contribution in [3.05, 3.63) is 0 Å². The minimum atomic E-state index is -0.0502. The number of rotatable bonds is 20. The Bertz CT molecular complexity index is 272. The minimum absolute atomic E-state index is 0. The van der Waals surface area contributed by atoms with Gasteiger partial charge in [0.2, 0.25) is 0 Å². The molecule has 0 amide bonds. The Kier molecular flexibility index (Phi) is 25.9. The summed E-state index contributed by atoms with van der Waals surface area (Å²) in [6, 6.07) is 0. The van der Waals surface area contributed by atoms with E-state index in [-0.39, 0.29) is 12.1 Å². The molecule has 4 heteroatoms. The SMILES string of the molecule is CCCCCCCCCCCCCCCCCC(=O)OCCCOC.N. The molecule has 0 heterocycles. The Morgan fingerprint density at radius 1 is 0.615 bits per heavy atom. The fraction of sp³-hybridized carbons (Fsp3) is 0.955. The van der Waals surface area contributed by atoms with Crippen LogP contribution < -0.4 is 6.15 Å². The lowest BCUT2D eigenvalue weighted by Gasteiger charge is -2.05. The molecule has 0 saturated carbocycles. The van der Waals surface area contributed by atoms with Gasteiger partial charge in [-0.25, -0.2) is 0 Å². The molecule has 0 aromatic heterocycles. The molecule has 3 N–H and O–H groups in total. The van der Waals surface area contributed by atoms with E-state index in [0.29, 0.717) is 19.6 Å². The largest absolute Gasteiger partial charge is 0.466 e. The van der Waals surface area contributed by atoms with Gasteiger partial charge in [-0.3, -0.25) is 4.79 Å². The van der Waals surface area contributed by atoms with Gasteiger partial charge in [0, 0.05) is 26.6 Å². The van der Waals surface area contributed by atoms with E-state index in [9.17, 15) is 4.79 Å². The molecule has 0 rings (SSSR count). The van der Waals surface area contributed by atoms with Crippen LogP contribution in [-0.4, -0.2) is 26.3 Å². The van der Waals surface area contributed by atoms with E-state index in [1.807, 2.05) is 0 Å². The summed E-state index contributed by atoms with van der Waals surface area (Å²) in [6.45, 7) is 3.43. The minimum Gasteiger partial charge on any atom is -0.466 e. The molecular weight excluding hydrogens is 326 g/mol. The fourth-order valence-corrected chi connectivity index (χ4v) is 3.10. The molecule has 0 saturated heterocycles. The van der Waals surface area contributed by atoms with Gasteiger partial charge in [0.05, 0.1) is 6.61 Å². The van der Waals surface area contributed by atoms with Gasteiger partial charge < -0.3 is 15.6 Å². The van der Waals surface area contributed by atoms with Crippen LogP contribution in [0.3, 0.4) is 0 Å². The monoisotopic (exact) mass is 373 g/mol. The zero-order chi connectivity index (χ0) is 18.4. The zero-order valence-electron chi connectivity index (χ0n) is 17.9. The molecular formula is C22H47NO3. The Morgan fingerprint density at radius 2 is 1.04 bits per heavy atom. The highest BCUT2D eigenvalue weighted by molar-refractivity contribution is 5.69. The lowest BCUT2D eigenvalue weighted by Crippen LogP contribution is -2.07. The first-order valence-corrected chi connectivity index (χ1v) is 11.0. The third-order valence-electron chi connectivity index (χ3n) is 4.74. The van der Waals surface area contributed by atoms with Crippen LogP contribution in [0.2, 0.25) is 0 Å². The first-order chi connectivity index (χ1) is 12.3. The van der Waals surface area contributed by atoms with Gasteiger partial charge in [-0.05, 0) is 6.42 Å². The van der Waals surface area contributed by atoms with Crippen LogP contribution in [0.4, 0.5) is 0 Å². The molecule has 0 bridgehead atoms. The lowest BCUT2D eigenvalue weighted by atomic mass is 10.0. The number of carbonyl (C=O) groups excluding carboxylic acids is 1. The number of hydrogen-bond donors (Lipinski definition) is 1. The number of ether oxygens (including phenoxy) is 2. The topological polar surface area (TPSA) is 70.5 Å². The van der Waals surface area contributed by atoms with Crippen LogP contribution in [0.25, 0.3) is 0 Å². The Hall–Kier alpha value is -0.610. The number of methoxy groups -OCH3 is 1. The van der Waals surface area contributed by atoms with Crippen molar-refractivity contribution in [1.29, 1.82) is 0 Å². The highest BCUT2D eigenvalue weighted by Crippen LogP contribution is 2.13. The lowest BCUT2D eigenvalue weighted by molar-refractivity contribution is -0.144. The standard InChI is InChI=1S/C22H44O3.H3N/c1-3-4-5-6-7-8-9-10-11-12-13-14-15-16-17-19-22(23)25-21-18-20-24-2;/h3-21H2,1-2H3;1H3. The molecule has 0 spiro atoms. The van der Waals surface area contributed by atoms with Crippen LogP contribution in [0.1, 0.15) is 116 Å². The van der Waals surface area contributed by atoms with Crippen LogP contribution >= 0.6 is 0 Å². The molecule has 0 aliphatic heterocycles. The predicted molar refractivity (Wildman–Crippen MR) is 112 cm³/mol. The third-order valence-corrected chi connectivity index (χ3v) is 4.74. The number of carbonyl (C=O) groups is 1. The molecule has 4 nitrogen and oxygen atoms in total. The summed E-state index contributed by atoms with van der Waals surface area (Å²) in [5.74, 6) is -0.0502. The van der Waals surface area contributed by atoms with Gasteiger partial charge >= 0.3 is 5.97 Å². The second-order valence-corrected chi connectivity index (χ2v) is 7.27. The maximum absolute atomic E-state index is 11.5. The molecule has 0 radical (unpaired) electrons. The molecule has 0 aromatic rings. The Balaban J connectivity index is 0. The number of esters is 1. The van der Waals surface area contributed by atoms with Crippen molar-refractivity contribution in [2.24, 2.45) is 0 Å². The van der Waals surface area contributed by atoms with E-state index in [1.54, 1.807) is 7.11 Å². The van der Waals surface area contributed by atoms with E-state index in [0.717, 1.165) is 19.3 Å². The quantitative estimate of drug-likeness (QED) is 0.184. The van der Waals surface area contributed by atoms with Gasteiger partial charge in [0.25, 0.3) is 0 Å². The second-order valence-electron chi connectivity index (χ2n) is 7.27. The molecule has 0 unspecified atom stereocenters. The summed E-state index contributed by atoms with van der Waals surface area (Å²) in [6.07, 6.45) is 21.6. The van der Waals surface area contributed by atoms with Crippen molar-refractivity contribution < 1.29 is 14.3 Å². The summed E-state index contributed by atoms with van der Waals surface area (Å²) in [4.78, 5) is 11.5. The maximum atomic E-state index is 11.5. The highest BCUT2D eigenvalue weighted by Gasteiger charge is 2.02. The van der Waals surface area contributed by atoms with Gasteiger partial charge in [-0.2, -0.15) is 0 Å². The van der Waals surface area contributed by atoms with Crippen molar-refractivity contribution >= 4 is 5.97 Å². The summed E-state index contributed by atoms with van der Waals surface area (Å²) in [5.41, 5.74) is 0. The molecule has 0 aliphatic carbocycles. The smallest absolute Gasteiger partial charge is 0.305 e. The summed E-state index contributed by atoms with van der Waals surface area (Å²) < 4.78 is 10.1. The van der Waals surface area contributed by atoms with E-state index >= 15 is 0 Å². The first kappa shape index (κ1) is 27.6. The van der Waals surface area contributed by atoms with Gasteiger partial charge in [-0.1, -0.05) is 96.8 Å². The third kappa shape index (κ3) is 23.4. The van der Waals surface area contributed by atoms with E-state index in [4.69, 9.17) is 9.47 Å². The molecule has 26 heavy (non-hydrogen) atoms. The predicted octanol–water partition coefficient (Wildman–Crippen LogP) is 6.99. The van der Waals surface area contributed by atoms with Crippen molar-refractivity contribution in [3.63, 3.8) is 0 Å². The first-order valence-electron chi connectivity index (χ1n) is 11.0. The zero-order valence-corrected chi connectivity index (χ0v) is 17.9. The number of unbranched alkanes of at least 4 members (excludes halogenated alkanes) is 14. The molecule has 0 aliphatic rings. The van der Waals surface area contributed by atoms with Crippen molar-refractivity contribution in [2.75, 3.05) is 20.3 Å². The van der Waals surface area contributed by atoms with E-state index < -0.39 is 0 Å². The summed E-state index contributed by atoms with van der Waals surface area (Å²) in [7, 11) is 1.66. The van der Waals surface area contributed by atoms with E-state index in [1.165, 1.54) is 83.5 Å². The van der Waals surface area contributed by atoms with Crippen LogP contribution in [0, 0.1) is 0 Å². The summed E-state index contributed by atoms with van der Waals surface area (Å²) >= 11 is 0. The normalized spacial score (nSPS) is 10.5. The fourth-order valence-electron chi connectivity index (χ4n) is 3.10. The Labute approximate surface area is 163 Å². The van der Waals surface area contributed by atoms with Crippen molar-refractivity contribution in [2.45, 2.75) is 116 Å². The average Bonchev–Trinajstić information content (AvgIpc) is 2.62. The van der Waals surface area contributed by atoms with Gasteiger partial charge in [0.15, 0.2) is 0 Å². The van der Waals surface area contributed by atoms with Crippen LogP contribution in [0.15, 0.2) is 0 Å². The maximum Gasteiger partial charge on any atom is 0.305 e. The van der Waals surface area contributed by atoms with Crippen molar-refractivity contribution in [1.82, 2.24) is 6.15 Å². The molecule has 0 fully saturated rings. The van der Waals surface area contributed by atoms with E-state index in [2.05, 4.69) is 6.92 Å². The van der Waals surface area contributed by atoms with Crippen LogP contribution in [-0.2, 0) is 14.3 Å².